The number of nitrogens with zero attached hydrogens (tertiary/aromatic N) is 1. The van der Waals surface area contributed by atoms with E-state index in [1.165, 1.54) is 13.8 Å². The van der Waals surface area contributed by atoms with Crippen LogP contribution in [0, 0.1) is 5.41 Å². The van der Waals surface area contributed by atoms with Gasteiger partial charge in [0.1, 0.15) is 0 Å². The zero-order valence-electron chi connectivity index (χ0n) is 14.2. The number of hydrogen-bond donors (Lipinski definition) is 2. The number of aliphatic carboxylic acids is 2. The van der Waals surface area contributed by atoms with Crippen LogP contribution in [0.2, 0.25) is 0 Å². The minimum atomic E-state index is -3.34. The number of allylic oxidation sites excluding steroid dienone is 2. The smallest absolute Gasteiger partial charge is 0.334 e. The zero-order chi connectivity index (χ0) is 19.5. The molecule has 1 aliphatic rings. The van der Waals surface area contributed by atoms with Crippen molar-refractivity contribution in [1.82, 2.24) is 4.90 Å². The Morgan fingerprint density at radius 1 is 0.960 bits per heavy atom. The van der Waals surface area contributed by atoms with Crippen LogP contribution in [0.4, 0.5) is 17.6 Å². The summed E-state index contributed by atoms with van der Waals surface area (Å²) >= 11 is 0. The topological polar surface area (TPSA) is 77.8 Å². The lowest BCUT2D eigenvalue weighted by Gasteiger charge is -2.44. The molecule has 0 spiro atoms. The Labute approximate surface area is 142 Å². The predicted octanol–water partition coefficient (Wildman–Crippen LogP) is 3.73. The van der Waals surface area contributed by atoms with Crippen LogP contribution in [-0.4, -0.2) is 46.4 Å². The van der Waals surface area contributed by atoms with Gasteiger partial charge in [0.15, 0.2) is 0 Å². The summed E-state index contributed by atoms with van der Waals surface area (Å²) in [4.78, 5) is 24.0. The highest BCUT2D eigenvalue weighted by Gasteiger charge is 2.53. The maximum atomic E-state index is 13.7. The van der Waals surface area contributed by atoms with Gasteiger partial charge in [-0.2, -0.15) is 0 Å². The molecule has 2 N–H and O–H groups in total. The van der Waals surface area contributed by atoms with Crippen LogP contribution in [0.25, 0.3) is 0 Å². The highest BCUT2D eigenvalue weighted by Crippen LogP contribution is 2.52. The molecule has 0 atom stereocenters. The number of hydrogen-bond acceptors (Lipinski definition) is 3. The largest absolute Gasteiger partial charge is 0.478 e. The first-order chi connectivity index (χ1) is 11.6. The van der Waals surface area contributed by atoms with Gasteiger partial charge in [0.2, 0.25) is 0 Å². The molecule has 0 unspecified atom stereocenters. The zero-order valence-corrected chi connectivity index (χ0v) is 14.2. The molecule has 0 fully saturated rings. The fraction of sp³-hybridized carbons (Fsp3) is 0.625. The van der Waals surface area contributed by atoms with E-state index in [1.54, 1.807) is 6.92 Å². The third-order valence-corrected chi connectivity index (χ3v) is 4.49. The van der Waals surface area contributed by atoms with Crippen LogP contribution in [0.15, 0.2) is 22.5 Å². The summed E-state index contributed by atoms with van der Waals surface area (Å²) in [6.45, 7) is 3.89. The second-order valence-corrected chi connectivity index (χ2v) is 5.66. The van der Waals surface area contributed by atoms with E-state index >= 15 is 0 Å². The Morgan fingerprint density at radius 2 is 1.36 bits per heavy atom. The Bertz CT molecular complexity index is 569. The molecular weight excluding hydrogens is 346 g/mol. The number of rotatable bonds is 8. The molecule has 0 aliphatic carbocycles. The van der Waals surface area contributed by atoms with Crippen molar-refractivity contribution in [2.75, 3.05) is 6.54 Å². The van der Waals surface area contributed by atoms with E-state index in [1.807, 2.05) is 0 Å². The van der Waals surface area contributed by atoms with Gasteiger partial charge < -0.3 is 15.1 Å². The molecule has 0 radical (unpaired) electrons. The fourth-order valence-electron chi connectivity index (χ4n) is 3.65. The third kappa shape index (κ3) is 3.36. The van der Waals surface area contributed by atoms with E-state index < -0.39 is 59.3 Å². The maximum Gasteiger partial charge on any atom is 0.334 e. The molecule has 0 aromatic carbocycles. The molecule has 0 aromatic heterocycles. The van der Waals surface area contributed by atoms with Gasteiger partial charge in [-0.15, -0.1) is 0 Å². The monoisotopic (exact) mass is 367 g/mol. The molecule has 0 amide bonds. The van der Waals surface area contributed by atoms with Crippen molar-refractivity contribution >= 4 is 11.9 Å². The van der Waals surface area contributed by atoms with E-state index in [-0.39, 0.29) is 19.3 Å². The summed E-state index contributed by atoms with van der Waals surface area (Å²) < 4.78 is 54.7. The minimum Gasteiger partial charge on any atom is -0.478 e. The first-order valence-corrected chi connectivity index (χ1v) is 7.90. The Kier molecular flexibility index (Phi) is 6.61. The van der Waals surface area contributed by atoms with Gasteiger partial charge in [-0.05, 0) is 19.8 Å². The second-order valence-electron chi connectivity index (χ2n) is 5.66. The van der Waals surface area contributed by atoms with Gasteiger partial charge in [0.05, 0.1) is 22.5 Å². The minimum absolute atomic E-state index is 0.142. The van der Waals surface area contributed by atoms with Gasteiger partial charge in [-0.25, -0.2) is 27.2 Å². The van der Waals surface area contributed by atoms with Gasteiger partial charge >= 0.3 is 11.9 Å². The molecule has 9 heteroatoms. The van der Waals surface area contributed by atoms with Crippen molar-refractivity contribution < 1.29 is 37.4 Å². The number of halogens is 4. The number of carboxylic acids is 2. The van der Waals surface area contributed by atoms with Crippen LogP contribution < -0.4 is 0 Å². The number of carboxylic acid groups (broad SMARTS) is 2. The molecule has 142 valence electrons. The van der Waals surface area contributed by atoms with Gasteiger partial charge in [0, 0.05) is 12.0 Å². The van der Waals surface area contributed by atoms with Crippen LogP contribution >= 0.6 is 0 Å². The summed E-state index contributed by atoms with van der Waals surface area (Å²) in [7, 11) is 0. The van der Waals surface area contributed by atoms with Crippen molar-refractivity contribution in [2.45, 2.75) is 52.9 Å². The van der Waals surface area contributed by atoms with Crippen LogP contribution in [0.5, 0.6) is 0 Å². The van der Waals surface area contributed by atoms with Gasteiger partial charge in [-0.3, -0.25) is 0 Å². The van der Waals surface area contributed by atoms with Gasteiger partial charge in [0.25, 0.3) is 12.9 Å². The molecule has 0 bridgehead atoms. The summed E-state index contributed by atoms with van der Waals surface area (Å²) in [5, 5.41) is 19.1. The van der Waals surface area contributed by atoms with E-state index in [9.17, 15) is 37.4 Å². The average Bonchev–Trinajstić information content (AvgIpc) is 2.52. The van der Waals surface area contributed by atoms with Crippen molar-refractivity contribution in [1.29, 1.82) is 0 Å². The van der Waals surface area contributed by atoms with Crippen molar-refractivity contribution in [3.8, 4) is 0 Å². The molecule has 1 heterocycles. The Balaban J connectivity index is 4.07. The molecule has 0 saturated carbocycles. The Hall–Kier alpha value is -2.06. The van der Waals surface area contributed by atoms with Crippen molar-refractivity contribution in [2.24, 2.45) is 5.41 Å². The van der Waals surface area contributed by atoms with E-state index in [0.717, 1.165) is 0 Å². The summed E-state index contributed by atoms with van der Waals surface area (Å²) in [6.07, 6.45) is -6.78. The highest BCUT2D eigenvalue weighted by molar-refractivity contribution is 5.98. The lowest BCUT2D eigenvalue weighted by atomic mass is 9.65. The first kappa shape index (κ1) is 21.0. The average molecular weight is 367 g/mol. The first-order valence-electron chi connectivity index (χ1n) is 7.90. The molecule has 25 heavy (non-hydrogen) atoms. The second kappa shape index (κ2) is 7.88. The molecule has 0 aromatic rings. The van der Waals surface area contributed by atoms with Gasteiger partial charge in [-0.1, -0.05) is 20.3 Å². The number of carbonyl (C=O) groups is 2. The normalized spacial score (nSPS) is 17.7. The molecule has 1 rings (SSSR count). The quantitative estimate of drug-likeness (QED) is 0.639. The van der Waals surface area contributed by atoms with E-state index in [2.05, 4.69) is 0 Å². The lowest BCUT2D eigenvalue weighted by Crippen LogP contribution is -2.46. The lowest BCUT2D eigenvalue weighted by molar-refractivity contribution is -0.136. The standard InChI is InChI=1S/C16H21F4NO4/c1-4-7-16(5-2)8(14(22)23)10(12(17)18)21(6-3)11(13(19)20)9(16)15(24)25/h12-13H,4-7H2,1-3H3,(H,22,23)(H,24,25). The van der Waals surface area contributed by atoms with Crippen LogP contribution in [-0.2, 0) is 9.59 Å². The summed E-state index contributed by atoms with van der Waals surface area (Å²) in [5.41, 5.74) is -5.63. The molecular formula is C16H21F4NO4. The van der Waals surface area contributed by atoms with Crippen molar-refractivity contribution in [3.63, 3.8) is 0 Å². The van der Waals surface area contributed by atoms with E-state index in [0.29, 0.717) is 4.90 Å². The van der Waals surface area contributed by atoms with Crippen LogP contribution in [0.1, 0.15) is 40.0 Å². The maximum absolute atomic E-state index is 13.7. The third-order valence-electron chi connectivity index (χ3n) is 4.49. The van der Waals surface area contributed by atoms with E-state index in [4.69, 9.17) is 0 Å². The van der Waals surface area contributed by atoms with Crippen molar-refractivity contribution in [3.05, 3.63) is 22.5 Å². The Morgan fingerprint density at radius 3 is 1.56 bits per heavy atom. The summed E-state index contributed by atoms with van der Waals surface area (Å²) in [5.74, 6) is -3.45. The van der Waals surface area contributed by atoms with Crippen LogP contribution in [0.3, 0.4) is 0 Å². The number of alkyl halides is 4. The molecule has 1 aliphatic heterocycles. The fourth-order valence-corrected chi connectivity index (χ4v) is 3.65. The molecule has 5 nitrogen and oxygen atoms in total. The summed E-state index contributed by atoms with van der Waals surface area (Å²) in [6, 6.07) is 0. The predicted molar refractivity (Wildman–Crippen MR) is 81.3 cm³/mol. The highest BCUT2D eigenvalue weighted by atomic mass is 19.3. The SMILES string of the molecule is CCCC1(CC)C(C(=O)O)=C(C(F)F)N(CC)C(C(F)F)=C1C(=O)O. The molecule has 0 saturated heterocycles.